The van der Waals surface area contributed by atoms with Crippen LogP contribution in [0.4, 0.5) is 8.78 Å². The molecular weight excluding hydrogens is 150 g/mol. The molecular formula is C8H6F2O. The number of hydrogen-bond acceptors (Lipinski definition) is 1. The summed E-state index contributed by atoms with van der Waals surface area (Å²) in [5, 5.41) is 0. The Morgan fingerprint density at radius 3 is 2.55 bits per heavy atom. The van der Waals surface area contributed by atoms with Gasteiger partial charge in [-0.25, -0.2) is 4.39 Å². The number of hydrogen-bond donors (Lipinski definition) is 0. The van der Waals surface area contributed by atoms with E-state index in [0.717, 1.165) is 6.07 Å². The highest BCUT2D eigenvalue weighted by Gasteiger charge is 2.05. The monoisotopic (exact) mass is 156 g/mol. The van der Waals surface area contributed by atoms with E-state index in [0.29, 0.717) is 5.56 Å². The topological polar surface area (TPSA) is 17.1 Å². The number of rotatable bonds is 1. The lowest BCUT2D eigenvalue weighted by molar-refractivity contribution is 0.0835. The van der Waals surface area contributed by atoms with Crippen LogP contribution in [0.2, 0.25) is 0 Å². The maximum Gasteiger partial charge on any atom is 0.332 e. The molecule has 0 fully saturated rings. The summed E-state index contributed by atoms with van der Waals surface area (Å²) in [5.74, 6) is -0.562. The van der Waals surface area contributed by atoms with E-state index in [2.05, 4.69) is 0 Å². The Hall–Kier alpha value is -1.25. The number of carbonyl (C=O) groups excluding carboxylic acids is 1. The molecule has 1 aromatic carbocycles. The average molecular weight is 156 g/mol. The third kappa shape index (κ3) is 1.61. The van der Waals surface area contributed by atoms with E-state index in [1.807, 2.05) is 0 Å². The van der Waals surface area contributed by atoms with Crippen molar-refractivity contribution in [2.45, 2.75) is 6.92 Å². The molecule has 0 aliphatic rings. The van der Waals surface area contributed by atoms with Gasteiger partial charge in [0.05, 0.1) is 5.56 Å². The molecule has 58 valence electrons. The molecule has 0 saturated carbocycles. The van der Waals surface area contributed by atoms with E-state index < -0.39 is 11.9 Å². The lowest BCUT2D eigenvalue weighted by atomic mass is 10.1. The predicted octanol–water partition coefficient (Wildman–Crippen LogP) is 2.24. The highest BCUT2D eigenvalue weighted by atomic mass is 19.1. The quantitative estimate of drug-likeness (QED) is 0.570. The molecule has 0 saturated heterocycles. The predicted molar refractivity (Wildman–Crippen MR) is 36.6 cm³/mol. The SMILES string of the molecule is Cc1ccc(C(=O)F)cc1F. The summed E-state index contributed by atoms with van der Waals surface area (Å²) in [4.78, 5) is 10.1. The van der Waals surface area contributed by atoms with Gasteiger partial charge < -0.3 is 0 Å². The fourth-order valence-corrected chi connectivity index (χ4v) is 0.715. The van der Waals surface area contributed by atoms with E-state index in [4.69, 9.17) is 0 Å². The van der Waals surface area contributed by atoms with Gasteiger partial charge in [-0.1, -0.05) is 6.07 Å². The maximum absolute atomic E-state index is 12.6. The van der Waals surface area contributed by atoms with Crippen LogP contribution >= 0.6 is 0 Å². The van der Waals surface area contributed by atoms with E-state index in [1.165, 1.54) is 12.1 Å². The van der Waals surface area contributed by atoms with Gasteiger partial charge in [-0.2, -0.15) is 4.39 Å². The molecule has 0 heterocycles. The van der Waals surface area contributed by atoms with Gasteiger partial charge >= 0.3 is 6.04 Å². The minimum atomic E-state index is -1.61. The molecule has 1 aromatic rings. The van der Waals surface area contributed by atoms with E-state index in [-0.39, 0.29) is 5.56 Å². The summed E-state index contributed by atoms with van der Waals surface area (Å²) in [6.07, 6.45) is 0. The van der Waals surface area contributed by atoms with Crippen molar-refractivity contribution in [2.75, 3.05) is 0 Å². The van der Waals surface area contributed by atoms with Crippen LogP contribution in [0.15, 0.2) is 18.2 Å². The molecule has 0 aliphatic heterocycles. The molecule has 11 heavy (non-hydrogen) atoms. The van der Waals surface area contributed by atoms with Crippen molar-refractivity contribution < 1.29 is 13.6 Å². The van der Waals surface area contributed by atoms with Crippen molar-refractivity contribution in [2.24, 2.45) is 0 Å². The molecule has 3 heteroatoms. The highest BCUT2D eigenvalue weighted by Crippen LogP contribution is 2.09. The van der Waals surface area contributed by atoms with Crippen molar-refractivity contribution in [3.05, 3.63) is 35.1 Å². The van der Waals surface area contributed by atoms with Gasteiger partial charge in [0.1, 0.15) is 5.82 Å². The van der Waals surface area contributed by atoms with Crippen LogP contribution in [0, 0.1) is 12.7 Å². The average Bonchev–Trinajstić information content (AvgIpc) is 1.94. The summed E-state index contributed by atoms with van der Waals surface area (Å²) >= 11 is 0. The highest BCUT2D eigenvalue weighted by molar-refractivity contribution is 5.88. The summed E-state index contributed by atoms with van der Waals surface area (Å²) in [5.41, 5.74) is 0.156. The smallest absolute Gasteiger partial charge is 0.255 e. The second kappa shape index (κ2) is 2.78. The van der Waals surface area contributed by atoms with Crippen LogP contribution in [-0.2, 0) is 0 Å². The lowest BCUT2D eigenvalue weighted by Gasteiger charge is -1.95. The first kappa shape index (κ1) is 7.85. The second-order valence-corrected chi connectivity index (χ2v) is 2.24. The number of aryl methyl sites for hydroxylation is 1. The molecule has 0 aliphatic carbocycles. The first-order valence-corrected chi connectivity index (χ1v) is 3.07. The largest absolute Gasteiger partial charge is 0.332 e. The minimum Gasteiger partial charge on any atom is -0.255 e. The standard InChI is InChI=1S/C8H6F2O/c1-5-2-3-6(8(10)11)4-7(5)9/h2-4H,1H3. The number of benzene rings is 1. The molecule has 0 unspecified atom stereocenters. The van der Waals surface area contributed by atoms with Crippen LogP contribution in [-0.4, -0.2) is 6.04 Å². The van der Waals surface area contributed by atoms with Gasteiger partial charge in [0.2, 0.25) is 0 Å². The van der Waals surface area contributed by atoms with Gasteiger partial charge in [-0.15, -0.1) is 0 Å². The first-order valence-electron chi connectivity index (χ1n) is 3.07. The maximum atomic E-state index is 12.6. The fourth-order valence-electron chi connectivity index (χ4n) is 0.715. The van der Waals surface area contributed by atoms with Crippen molar-refractivity contribution in [1.82, 2.24) is 0 Å². The molecule has 0 bridgehead atoms. The Labute approximate surface area is 62.7 Å². The third-order valence-electron chi connectivity index (χ3n) is 1.40. The van der Waals surface area contributed by atoms with Gasteiger partial charge in [-0.05, 0) is 24.6 Å². The third-order valence-corrected chi connectivity index (χ3v) is 1.40. The van der Waals surface area contributed by atoms with Gasteiger partial charge in [0.15, 0.2) is 0 Å². The van der Waals surface area contributed by atoms with Crippen molar-refractivity contribution >= 4 is 6.04 Å². The van der Waals surface area contributed by atoms with Crippen LogP contribution < -0.4 is 0 Å². The molecule has 0 radical (unpaired) electrons. The molecule has 0 N–H and O–H groups in total. The molecule has 0 spiro atoms. The minimum absolute atomic E-state index is 0.242. The van der Waals surface area contributed by atoms with Crippen LogP contribution in [0.1, 0.15) is 15.9 Å². The second-order valence-electron chi connectivity index (χ2n) is 2.24. The van der Waals surface area contributed by atoms with Crippen LogP contribution in [0.25, 0.3) is 0 Å². The van der Waals surface area contributed by atoms with Gasteiger partial charge in [0, 0.05) is 0 Å². The zero-order valence-electron chi connectivity index (χ0n) is 5.90. The lowest BCUT2D eigenvalue weighted by Crippen LogP contribution is -1.92. The summed E-state index contributed by atoms with van der Waals surface area (Å²) in [7, 11) is 0. The summed E-state index contributed by atoms with van der Waals surface area (Å²) in [6.45, 7) is 1.54. The van der Waals surface area contributed by atoms with E-state index in [9.17, 15) is 13.6 Å². The van der Waals surface area contributed by atoms with Gasteiger partial charge in [-0.3, -0.25) is 4.79 Å². The Morgan fingerprint density at radius 2 is 2.09 bits per heavy atom. The summed E-state index contributed by atoms with van der Waals surface area (Å²) in [6, 6.07) is 1.89. The Bertz CT molecular complexity index is 294. The van der Waals surface area contributed by atoms with E-state index in [1.54, 1.807) is 6.92 Å². The zero-order valence-corrected chi connectivity index (χ0v) is 5.90. The van der Waals surface area contributed by atoms with Crippen molar-refractivity contribution in [1.29, 1.82) is 0 Å². The Kier molecular flexibility index (Phi) is 1.98. The van der Waals surface area contributed by atoms with E-state index >= 15 is 0 Å². The molecule has 0 atom stereocenters. The number of carbonyl (C=O) groups is 1. The van der Waals surface area contributed by atoms with Crippen LogP contribution in [0.3, 0.4) is 0 Å². The molecule has 0 aromatic heterocycles. The molecule has 1 nitrogen and oxygen atoms in total. The zero-order chi connectivity index (χ0) is 8.43. The molecule has 1 rings (SSSR count). The first-order chi connectivity index (χ1) is 5.11. The van der Waals surface area contributed by atoms with Crippen LogP contribution in [0.5, 0.6) is 0 Å². The van der Waals surface area contributed by atoms with Crippen molar-refractivity contribution in [3.8, 4) is 0 Å². The normalized spacial score (nSPS) is 9.73. The number of halogens is 2. The fraction of sp³-hybridized carbons (Fsp3) is 0.125. The Morgan fingerprint density at radius 1 is 1.45 bits per heavy atom. The Balaban J connectivity index is 3.15. The van der Waals surface area contributed by atoms with Gasteiger partial charge in [0.25, 0.3) is 0 Å². The molecule has 0 amide bonds. The van der Waals surface area contributed by atoms with Crippen molar-refractivity contribution in [3.63, 3.8) is 0 Å². The summed E-state index contributed by atoms with van der Waals surface area (Å²) < 4.78 is 24.6.